The van der Waals surface area contributed by atoms with Crippen LogP contribution < -0.4 is 4.74 Å². The molecular weight excluding hydrogens is 392 g/mol. The number of fused-ring (bicyclic) bond motifs is 1. The first-order valence-corrected chi connectivity index (χ1v) is 8.04. The predicted octanol–water partition coefficient (Wildman–Crippen LogP) is 3.78. The summed E-state index contributed by atoms with van der Waals surface area (Å²) in [6.07, 6.45) is -3.57. The van der Waals surface area contributed by atoms with Gasteiger partial charge in [0.1, 0.15) is 5.82 Å². The van der Waals surface area contributed by atoms with E-state index in [4.69, 9.17) is 0 Å². The number of alkyl halides is 5. The van der Waals surface area contributed by atoms with E-state index in [0.29, 0.717) is 0 Å². The van der Waals surface area contributed by atoms with Crippen LogP contribution in [0.1, 0.15) is 25.1 Å². The molecule has 1 fully saturated rings. The highest BCUT2D eigenvalue weighted by Crippen LogP contribution is 2.55. The lowest BCUT2D eigenvalue weighted by molar-refractivity contribution is -0.190. The van der Waals surface area contributed by atoms with Crippen molar-refractivity contribution >= 4 is 5.65 Å². The van der Waals surface area contributed by atoms with Crippen molar-refractivity contribution in [2.24, 2.45) is 0 Å². The molecule has 2 atom stereocenters. The number of pyridine rings is 1. The Balaban J connectivity index is 1.65. The molecule has 3 aromatic heterocycles. The molecule has 3 aromatic rings. The fraction of sp³-hybridized carbons (Fsp3) is 0.375. The van der Waals surface area contributed by atoms with Crippen molar-refractivity contribution in [3.8, 4) is 17.1 Å². The SMILES string of the molecule is CC(Oc1ncc(-c2cn3c([C@H]4CC4(F)F)nnc3cn2)cc1F)C(F)(F)F. The van der Waals surface area contributed by atoms with Gasteiger partial charge in [-0.15, -0.1) is 10.2 Å². The van der Waals surface area contributed by atoms with Crippen LogP contribution >= 0.6 is 0 Å². The molecule has 1 aliphatic rings. The van der Waals surface area contributed by atoms with Crippen molar-refractivity contribution in [3.63, 3.8) is 0 Å². The molecule has 0 radical (unpaired) electrons. The molecule has 28 heavy (non-hydrogen) atoms. The molecule has 3 heterocycles. The van der Waals surface area contributed by atoms with Gasteiger partial charge in [-0.2, -0.15) is 13.2 Å². The largest absolute Gasteiger partial charge is 0.463 e. The molecule has 0 bridgehead atoms. The molecule has 12 heteroatoms. The minimum Gasteiger partial charge on any atom is -0.463 e. The Morgan fingerprint density at radius 2 is 1.93 bits per heavy atom. The van der Waals surface area contributed by atoms with E-state index < -0.39 is 35.8 Å². The Morgan fingerprint density at radius 1 is 1.21 bits per heavy atom. The average Bonchev–Trinajstić information content (AvgIpc) is 3.06. The fourth-order valence-electron chi connectivity index (χ4n) is 2.59. The summed E-state index contributed by atoms with van der Waals surface area (Å²) in [6.45, 7) is 0.728. The summed E-state index contributed by atoms with van der Waals surface area (Å²) < 4.78 is 84.3. The van der Waals surface area contributed by atoms with Crippen LogP contribution in [0.3, 0.4) is 0 Å². The maximum atomic E-state index is 14.1. The topological polar surface area (TPSA) is 65.2 Å². The van der Waals surface area contributed by atoms with E-state index in [1.807, 2.05) is 0 Å². The first-order valence-electron chi connectivity index (χ1n) is 8.04. The Kier molecular flexibility index (Phi) is 3.98. The number of hydrogen-bond donors (Lipinski definition) is 0. The lowest BCUT2D eigenvalue weighted by Gasteiger charge is -2.17. The Labute approximate surface area is 153 Å². The number of nitrogens with zero attached hydrogens (tertiary/aromatic N) is 5. The van der Waals surface area contributed by atoms with Crippen molar-refractivity contribution in [1.82, 2.24) is 24.6 Å². The van der Waals surface area contributed by atoms with Gasteiger partial charge >= 0.3 is 6.18 Å². The van der Waals surface area contributed by atoms with Crippen molar-refractivity contribution in [2.45, 2.75) is 37.5 Å². The summed E-state index contributed by atoms with van der Waals surface area (Å²) in [7, 11) is 0. The molecule has 148 valence electrons. The van der Waals surface area contributed by atoms with Gasteiger partial charge in [0.05, 0.1) is 17.8 Å². The normalized spacial score (nSPS) is 19.6. The third-order valence-electron chi connectivity index (χ3n) is 4.31. The van der Waals surface area contributed by atoms with Crippen LogP contribution in [0.5, 0.6) is 5.88 Å². The maximum absolute atomic E-state index is 14.1. The van der Waals surface area contributed by atoms with Crippen LogP contribution in [-0.4, -0.2) is 42.8 Å². The van der Waals surface area contributed by atoms with E-state index >= 15 is 0 Å². The monoisotopic (exact) mass is 403 g/mol. The van der Waals surface area contributed by atoms with Crippen LogP contribution in [0.15, 0.2) is 24.7 Å². The molecule has 0 saturated heterocycles. The summed E-state index contributed by atoms with van der Waals surface area (Å²) in [4.78, 5) is 7.61. The highest BCUT2D eigenvalue weighted by molar-refractivity contribution is 5.59. The van der Waals surface area contributed by atoms with E-state index in [9.17, 15) is 26.3 Å². The highest BCUT2D eigenvalue weighted by atomic mass is 19.4. The molecule has 0 aliphatic heterocycles. The molecule has 6 nitrogen and oxygen atoms in total. The summed E-state index contributed by atoms with van der Waals surface area (Å²) in [6, 6.07) is 0.898. The lowest BCUT2D eigenvalue weighted by Crippen LogP contribution is -2.31. The zero-order chi connectivity index (χ0) is 20.3. The van der Waals surface area contributed by atoms with E-state index in [-0.39, 0.29) is 29.1 Å². The third kappa shape index (κ3) is 3.22. The van der Waals surface area contributed by atoms with Crippen molar-refractivity contribution in [3.05, 3.63) is 36.3 Å². The van der Waals surface area contributed by atoms with Gasteiger partial charge in [-0.1, -0.05) is 0 Å². The summed E-state index contributed by atoms with van der Waals surface area (Å²) >= 11 is 0. The van der Waals surface area contributed by atoms with Gasteiger partial charge < -0.3 is 4.74 Å². The van der Waals surface area contributed by atoms with Gasteiger partial charge in [0.25, 0.3) is 11.8 Å². The third-order valence-corrected chi connectivity index (χ3v) is 4.31. The van der Waals surface area contributed by atoms with Crippen LogP contribution in [0.2, 0.25) is 0 Å². The van der Waals surface area contributed by atoms with Crippen LogP contribution in [-0.2, 0) is 0 Å². The van der Waals surface area contributed by atoms with Crippen LogP contribution in [0.4, 0.5) is 26.3 Å². The summed E-state index contributed by atoms with van der Waals surface area (Å²) in [5, 5.41) is 7.52. The lowest BCUT2D eigenvalue weighted by atomic mass is 10.2. The summed E-state index contributed by atoms with van der Waals surface area (Å²) in [5.74, 6) is -5.79. The zero-order valence-electron chi connectivity index (χ0n) is 14.1. The molecule has 1 unspecified atom stereocenters. The van der Waals surface area contributed by atoms with Crippen molar-refractivity contribution in [1.29, 1.82) is 0 Å². The van der Waals surface area contributed by atoms with E-state index in [1.54, 1.807) is 0 Å². The molecule has 0 amide bonds. The van der Waals surface area contributed by atoms with E-state index in [1.165, 1.54) is 16.8 Å². The molecule has 1 saturated carbocycles. The van der Waals surface area contributed by atoms with Gasteiger partial charge in [-0.25, -0.2) is 18.2 Å². The standard InChI is InChI=1S/C16H11F6N5O/c1-7(16(20,21)22)28-14-10(17)2-8(4-24-14)11-6-27-12(5-23-11)25-26-13(27)9-3-15(9,18)19/h2,4-7,9H,3H2,1H3/t7?,9-/m1/s1. The van der Waals surface area contributed by atoms with Crippen LogP contribution in [0, 0.1) is 5.82 Å². The minimum atomic E-state index is -4.67. The van der Waals surface area contributed by atoms with Gasteiger partial charge in [0, 0.05) is 24.4 Å². The number of halogens is 6. The number of ether oxygens (including phenoxy) is 1. The maximum Gasteiger partial charge on any atom is 0.425 e. The highest BCUT2D eigenvalue weighted by Gasteiger charge is 2.60. The fourth-order valence-corrected chi connectivity index (χ4v) is 2.59. The predicted molar refractivity (Wildman–Crippen MR) is 82.4 cm³/mol. The number of hydrogen-bond acceptors (Lipinski definition) is 5. The second-order valence-corrected chi connectivity index (χ2v) is 6.39. The van der Waals surface area contributed by atoms with E-state index in [0.717, 1.165) is 19.2 Å². The first kappa shape index (κ1) is 18.4. The molecule has 0 N–H and O–H groups in total. The first-order chi connectivity index (χ1) is 13.1. The zero-order valence-corrected chi connectivity index (χ0v) is 14.1. The van der Waals surface area contributed by atoms with Gasteiger partial charge in [-0.05, 0) is 13.0 Å². The second kappa shape index (κ2) is 6.04. The molecular formula is C16H11F6N5O. The average molecular weight is 403 g/mol. The smallest absolute Gasteiger partial charge is 0.425 e. The van der Waals surface area contributed by atoms with Gasteiger partial charge in [-0.3, -0.25) is 9.38 Å². The van der Waals surface area contributed by atoms with Gasteiger partial charge in [0.15, 0.2) is 17.6 Å². The second-order valence-electron chi connectivity index (χ2n) is 6.39. The Morgan fingerprint density at radius 3 is 2.54 bits per heavy atom. The molecule has 4 rings (SSSR count). The number of rotatable bonds is 4. The number of aromatic nitrogens is 5. The molecule has 0 spiro atoms. The molecule has 0 aromatic carbocycles. The minimum absolute atomic E-state index is 0.0519. The Hall–Kier alpha value is -2.92. The quantitative estimate of drug-likeness (QED) is 0.621. The van der Waals surface area contributed by atoms with Crippen LogP contribution in [0.25, 0.3) is 16.9 Å². The van der Waals surface area contributed by atoms with Crippen molar-refractivity contribution in [2.75, 3.05) is 0 Å². The summed E-state index contributed by atoms with van der Waals surface area (Å²) in [5.41, 5.74) is 0.502. The van der Waals surface area contributed by atoms with Crippen molar-refractivity contribution < 1.29 is 31.1 Å². The Bertz CT molecular complexity index is 1050. The molecule has 1 aliphatic carbocycles. The van der Waals surface area contributed by atoms with E-state index in [2.05, 4.69) is 24.9 Å². The van der Waals surface area contributed by atoms with Gasteiger partial charge in [0.2, 0.25) is 0 Å².